The molecular weight excluding hydrogens is 341 g/mol. The van der Waals surface area contributed by atoms with Gasteiger partial charge >= 0.3 is 35.5 Å². The molecule has 0 bridgehead atoms. The summed E-state index contributed by atoms with van der Waals surface area (Å²) in [7, 11) is 0. The third-order valence-corrected chi connectivity index (χ3v) is 4.50. The topological polar surface area (TPSA) is 86.7 Å². The number of rotatable bonds is 3. The zero-order chi connectivity index (χ0) is 17.4. The smallest absolute Gasteiger partial charge is 0.543 e. The zero-order valence-corrected chi connectivity index (χ0v) is 17.3. The predicted octanol–water partition coefficient (Wildman–Crippen LogP) is -2.40. The molecule has 0 aromatic rings. The number of esters is 1. The van der Waals surface area contributed by atoms with Crippen LogP contribution in [-0.4, -0.2) is 40.5 Å². The Kier molecular flexibility index (Phi) is 6.96. The van der Waals surface area contributed by atoms with Gasteiger partial charge in [0.2, 0.25) is 0 Å². The molecule has 2 heterocycles. The molecule has 0 spiro atoms. The van der Waals surface area contributed by atoms with Crippen LogP contribution >= 0.6 is 11.8 Å². The number of β-lactam (4-membered cyclic amide) rings is 1. The maximum absolute atomic E-state index is 12.3. The van der Waals surface area contributed by atoms with Crippen LogP contribution in [0.5, 0.6) is 0 Å². The molecule has 0 aliphatic carbocycles. The number of thioether (sulfide) groups is 1. The molecule has 0 unspecified atom stereocenters. The molecule has 6 nitrogen and oxygen atoms in total. The van der Waals surface area contributed by atoms with E-state index in [0.717, 1.165) is 0 Å². The van der Waals surface area contributed by atoms with E-state index in [4.69, 9.17) is 4.74 Å². The number of hydrogen-bond donors (Lipinski definition) is 0. The van der Waals surface area contributed by atoms with Crippen molar-refractivity contribution in [2.75, 3.05) is 12.4 Å². The van der Waals surface area contributed by atoms with Gasteiger partial charge in [-0.3, -0.25) is 14.5 Å². The summed E-state index contributed by atoms with van der Waals surface area (Å²) < 4.78 is 4.86. The van der Waals surface area contributed by atoms with E-state index >= 15 is 0 Å². The zero-order valence-electron chi connectivity index (χ0n) is 14.5. The SMILES string of the molecule is CC(=O)OCC1=C(C(=O)[O-])N2C(=O)C(=C=CC(C)(C)C)[C@H]2SC1.[Na+]. The Labute approximate surface area is 167 Å². The number of carbonyl (C=O) groups excluding carboxylic acids is 3. The Morgan fingerprint density at radius 2 is 2.08 bits per heavy atom. The third-order valence-electron chi connectivity index (χ3n) is 3.23. The summed E-state index contributed by atoms with van der Waals surface area (Å²) in [6, 6.07) is 0. The Bertz CT molecular complexity index is 670. The minimum atomic E-state index is -1.44. The molecule has 8 heteroatoms. The first kappa shape index (κ1) is 21.1. The quantitative estimate of drug-likeness (QED) is 0.184. The fraction of sp³-hybridized carbons (Fsp3) is 0.500. The predicted molar refractivity (Wildman–Crippen MR) is 82.8 cm³/mol. The van der Waals surface area contributed by atoms with Crippen molar-refractivity contribution in [3.05, 3.63) is 28.7 Å². The molecule has 1 saturated heterocycles. The molecule has 2 aliphatic heterocycles. The van der Waals surface area contributed by atoms with Crippen molar-refractivity contribution in [3.8, 4) is 0 Å². The number of carbonyl (C=O) groups is 3. The van der Waals surface area contributed by atoms with Crippen molar-refractivity contribution < 1.29 is 53.8 Å². The number of aliphatic carboxylic acids is 1. The second-order valence-electron chi connectivity index (χ2n) is 6.43. The van der Waals surface area contributed by atoms with Gasteiger partial charge < -0.3 is 14.6 Å². The first-order valence-electron chi connectivity index (χ1n) is 7.11. The summed E-state index contributed by atoms with van der Waals surface area (Å²) in [6.07, 6.45) is 1.80. The Morgan fingerprint density at radius 1 is 1.46 bits per heavy atom. The minimum Gasteiger partial charge on any atom is -0.543 e. The second-order valence-corrected chi connectivity index (χ2v) is 7.50. The maximum atomic E-state index is 12.3. The van der Waals surface area contributed by atoms with E-state index in [0.29, 0.717) is 16.9 Å². The first-order valence-corrected chi connectivity index (χ1v) is 8.16. The molecule has 0 saturated carbocycles. The van der Waals surface area contributed by atoms with E-state index < -0.39 is 17.8 Å². The molecule has 124 valence electrons. The van der Waals surface area contributed by atoms with Gasteiger partial charge in [-0.25, -0.2) is 0 Å². The van der Waals surface area contributed by atoms with Crippen molar-refractivity contribution in [1.82, 2.24) is 4.90 Å². The molecule has 0 N–H and O–H groups in total. The van der Waals surface area contributed by atoms with E-state index in [2.05, 4.69) is 5.73 Å². The van der Waals surface area contributed by atoms with Gasteiger partial charge in [-0.05, 0) is 11.5 Å². The number of nitrogens with zero attached hydrogens (tertiary/aromatic N) is 1. The van der Waals surface area contributed by atoms with Crippen molar-refractivity contribution in [1.29, 1.82) is 0 Å². The monoisotopic (exact) mass is 359 g/mol. The number of carboxylic acid groups (broad SMARTS) is 1. The molecule has 2 aliphatic rings. The Balaban J connectivity index is 0.00000288. The summed E-state index contributed by atoms with van der Waals surface area (Å²) in [5, 5.41) is 11.0. The fourth-order valence-corrected chi connectivity index (χ4v) is 3.43. The average Bonchev–Trinajstić information content (AvgIpc) is 2.42. The summed E-state index contributed by atoms with van der Waals surface area (Å²) >= 11 is 1.40. The summed E-state index contributed by atoms with van der Waals surface area (Å²) in [5.74, 6) is -2.00. The van der Waals surface area contributed by atoms with E-state index in [1.54, 1.807) is 6.08 Å². The molecule has 1 atom stereocenters. The fourth-order valence-electron chi connectivity index (χ4n) is 2.17. The van der Waals surface area contributed by atoms with Crippen LogP contribution in [0.1, 0.15) is 27.7 Å². The second kappa shape index (κ2) is 7.93. The van der Waals surface area contributed by atoms with Crippen molar-refractivity contribution in [2.45, 2.75) is 33.1 Å². The maximum Gasteiger partial charge on any atom is 1.00 e. The van der Waals surface area contributed by atoms with Gasteiger partial charge in [-0.15, -0.1) is 17.5 Å². The molecule has 24 heavy (non-hydrogen) atoms. The van der Waals surface area contributed by atoms with Crippen LogP contribution < -0.4 is 34.7 Å². The van der Waals surface area contributed by atoms with E-state index in [1.165, 1.54) is 23.6 Å². The largest absolute Gasteiger partial charge is 1.00 e. The van der Waals surface area contributed by atoms with Gasteiger partial charge in [-0.1, -0.05) is 20.8 Å². The van der Waals surface area contributed by atoms with Gasteiger partial charge in [0.05, 0.1) is 17.2 Å². The molecule has 0 aromatic carbocycles. The van der Waals surface area contributed by atoms with Crippen LogP contribution in [0.4, 0.5) is 0 Å². The van der Waals surface area contributed by atoms with Gasteiger partial charge in [0, 0.05) is 18.2 Å². The van der Waals surface area contributed by atoms with Gasteiger partial charge in [0.1, 0.15) is 12.0 Å². The van der Waals surface area contributed by atoms with Crippen LogP contribution in [0.15, 0.2) is 28.7 Å². The van der Waals surface area contributed by atoms with Crippen molar-refractivity contribution in [3.63, 3.8) is 0 Å². The van der Waals surface area contributed by atoms with Crippen LogP contribution in [0, 0.1) is 5.41 Å². The first-order chi connectivity index (χ1) is 10.6. The Morgan fingerprint density at radius 3 is 2.58 bits per heavy atom. The third kappa shape index (κ3) is 4.55. The number of hydrogen-bond acceptors (Lipinski definition) is 6. The molecular formula is C16H18NNaO5S. The van der Waals surface area contributed by atoms with Crippen LogP contribution in [0.2, 0.25) is 0 Å². The average molecular weight is 359 g/mol. The number of carboxylic acids is 1. The van der Waals surface area contributed by atoms with E-state index in [-0.39, 0.29) is 52.7 Å². The number of fused-ring (bicyclic) bond motifs is 1. The molecule has 2 rings (SSSR count). The van der Waals surface area contributed by atoms with Gasteiger partial charge in [0.25, 0.3) is 5.91 Å². The molecule has 1 amide bonds. The summed E-state index contributed by atoms with van der Waals surface area (Å²) in [5.41, 5.74) is 3.50. The Hall–Kier alpha value is -0.980. The van der Waals surface area contributed by atoms with Gasteiger partial charge in [-0.2, -0.15) is 0 Å². The molecule has 0 aromatic heterocycles. The molecule has 0 radical (unpaired) electrons. The van der Waals surface area contributed by atoms with Crippen LogP contribution in [-0.2, 0) is 19.1 Å². The molecule has 1 fully saturated rings. The number of amides is 1. The van der Waals surface area contributed by atoms with E-state index in [1.807, 2.05) is 20.8 Å². The number of ether oxygens (including phenoxy) is 1. The summed E-state index contributed by atoms with van der Waals surface area (Å²) in [6.45, 7) is 7.04. The van der Waals surface area contributed by atoms with Crippen LogP contribution in [0.3, 0.4) is 0 Å². The van der Waals surface area contributed by atoms with Crippen molar-refractivity contribution in [2.24, 2.45) is 5.41 Å². The minimum absolute atomic E-state index is 0. The van der Waals surface area contributed by atoms with Crippen LogP contribution in [0.25, 0.3) is 0 Å². The standard InChI is InChI=1S/C16H19NO5S.Na/c1-9(18)22-7-10-8-23-14-11(5-6-16(2,3)4)13(19)17(14)12(10)15(20)21;/h6,14H,7-8H2,1-4H3,(H,20,21);/q;+1/p-1/t5?,14-;/m1./s1. The van der Waals surface area contributed by atoms with E-state index in [9.17, 15) is 19.5 Å². The summed E-state index contributed by atoms with van der Waals surface area (Å²) in [4.78, 5) is 35.8. The van der Waals surface area contributed by atoms with Crippen molar-refractivity contribution >= 4 is 29.6 Å². The van der Waals surface area contributed by atoms with Gasteiger partial charge in [0.15, 0.2) is 0 Å². The normalized spacial score (nSPS) is 19.7.